The van der Waals surface area contributed by atoms with Crippen molar-refractivity contribution >= 4 is 16.7 Å². The minimum absolute atomic E-state index is 0.0861. The van der Waals surface area contributed by atoms with Crippen molar-refractivity contribution in [2.24, 2.45) is 0 Å². The minimum atomic E-state index is -0.391. The monoisotopic (exact) mass is 302 g/mol. The van der Waals surface area contributed by atoms with Crippen molar-refractivity contribution in [2.75, 3.05) is 0 Å². The van der Waals surface area contributed by atoms with E-state index in [1.54, 1.807) is 24.3 Å². The molecule has 2 N–H and O–H groups in total. The van der Waals surface area contributed by atoms with Crippen LogP contribution >= 0.6 is 0 Å². The van der Waals surface area contributed by atoms with Crippen LogP contribution in [0.15, 0.2) is 36.4 Å². The van der Waals surface area contributed by atoms with Crippen LogP contribution in [0.1, 0.15) is 46.6 Å². The zero-order valence-electron chi connectivity index (χ0n) is 12.8. The molecular weight excluding hydrogens is 288 g/mol. The van der Waals surface area contributed by atoms with Crippen molar-refractivity contribution < 1.29 is 9.90 Å². The molecule has 1 aromatic heterocycles. The van der Waals surface area contributed by atoms with Gasteiger partial charge in [0.2, 0.25) is 0 Å². The van der Waals surface area contributed by atoms with Crippen LogP contribution in [0.4, 0.5) is 0 Å². The third-order valence-electron chi connectivity index (χ3n) is 4.70. The smallest absolute Gasteiger partial charge is 0.195 e. The van der Waals surface area contributed by atoms with Crippen LogP contribution in [0.5, 0.6) is 5.75 Å². The van der Waals surface area contributed by atoms with Crippen LogP contribution in [0, 0.1) is 11.3 Å². The van der Waals surface area contributed by atoms with Gasteiger partial charge >= 0.3 is 0 Å². The molecule has 0 fully saturated rings. The van der Waals surface area contributed by atoms with Crippen LogP contribution in [0.2, 0.25) is 0 Å². The number of hydrogen-bond acceptors (Lipinski definition) is 3. The molecule has 0 atom stereocenters. The molecule has 0 saturated carbocycles. The molecule has 0 spiro atoms. The fraction of sp³-hybridized carbons (Fsp3) is 0.158. The van der Waals surface area contributed by atoms with Gasteiger partial charge in [0.05, 0.1) is 17.2 Å². The van der Waals surface area contributed by atoms with Crippen LogP contribution in [-0.4, -0.2) is 15.9 Å². The van der Waals surface area contributed by atoms with E-state index >= 15 is 0 Å². The van der Waals surface area contributed by atoms with Gasteiger partial charge in [0.25, 0.3) is 0 Å². The Morgan fingerprint density at radius 2 is 1.96 bits per heavy atom. The Kier molecular flexibility index (Phi) is 2.50. The van der Waals surface area contributed by atoms with Gasteiger partial charge in [0.15, 0.2) is 5.78 Å². The van der Waals surface area contributed by atoms with E-state index in [9.17, 15) is 9.90 Å². The van der Waals surface area contributed by atoms with E-state index in [0.29, 0.717) is 16.7 Å². The van der Waals surface area contributed by atoms with Gasteiger partial charge in [0.1, 0.15) is 5.75 Å². The highest BCUT2D eigenvalue weighted by Crippen LogP contribution is 2.44. The van der Waals surface area contributed by atoms with Gasteiger partial charge < -0.3 is 10.1 Å². The summed E-state index contributed by atoms with van der Waals surface area (Å²) in [7, 11) is 0. The number of fused-ring (bicyclic) bond motifs is 4. The first kappa shape index (κ1) is 13.6. The van der Waals surface area contributed by atoms with Gasteiger partial charge in [-0.15, -0.1) is 0 Å². The molecule has 0 saturated heterocycles. The summed E-state index contributed by atoms with van der Waals surface area (Å²) in [6.07, 6.45) is 0. The topological polar surface area (TPSA) is 76.9 Å². The number of rotatable bonds is 0. The number of nitrogens with one attached hydrogen (secondary N) is 1. The van der Waals surface area contributed by atoms with E-state index in [0.717, 1.165) is 22.2 Å². The van der Waals surface area contributed by atoms with Crippen molar-refractivity contribution in [3.05, 3.63) is 64.3 Å². The highest BCUT2D eigenvalue weighted by Gasteiger charge is 2.39. The zero-order chi connectivity index (χ0) is 16.4. The first-order valence-electron chi connectivity index (χ1n) is 7.38. The molecular formula is C19H14N2O2. The standard InChI is InChI=1S/C19H14N2O2/c1-19(2)14-6-4-11(22)8-13(14)17(23)16-12-5-3-10(9-20)7-15(12)21-18(16)19/h3-8,21-22H,1-2H3. The third kappa shape index (κ3) is 1.68. The number of hydrogen-bond donors (Lipinski definition) is 2. The van der Waals surface area contributed by atoms with Gasteiger partial charge in [-0.1, -0.05) is 26.0 Å². The zero-order valence-corrected chi connectivity index (χ0v) is 12.8. The van der Waals surface area contributed by atoms with E-state index in [-0.39, 0.29) is 11.5 Å². The molecule has 0 amide bonds. The van der Waals surface area contributed by atoms with E-state index in [2.05, 4.69) is 24.9 Å². The van der Waals surface area contributed by atoms with Crippen molar-refractivity contribution in [1.82, 2.24) is 4.98 Å². The number of carbonyl (C=O) groups excluding carboxylic acids is 1. The quantitative estimate of drug-likeness (QED) is 0.666. The Morgan fingerprint density at radius 3 is 2.70 bits per heavy atom. The largest absolute Gasteiger partial charge is 0.508 e. The number of nitriles is 1. The van der Waals surface area contributed by atoms with Crippen LogP contribution in [-0.2, 0) is 5.41 Å². The Morgan fingerprint density at radius 1 is 1.17 bits per heavy atom. The molecule has 112 valence electrons. The summed E-state index contributed by atoms with van der Waals surface area (Å²) in [6, 6.07) is 12.4. The maximum Gasteiger partial charge on any atom is 0.195 e. The molecule has 1 heterocycles. The Bertz CT molecular complexity index is 1040. The Labute approximate surface area is 133 Å². The molecule has 4 rings (SSSR count). The molecule has 0 aliphatic heterocycles. The van der Waals surface area contributed by atoms with E-state index < -0.39 is 5.41 Å². The third-order valence-corrected chi connectivity index (χ3v) is 4.70. The lowest BCUT2D eigenvalue weighted by molar-refractivity contribution is 0.103. The molecule has 0 radical (unpaired) electrons. The average molecular weight is 302 g/mol. The number of aromatic nitrogens is 1. The Balaban J connectivity index is 2.10. The van der Waals surface area contributed by atoms with Crippen molar-refractivity contribution in [1.29, 1.82) is 5.26 Å². The number of benzene rings is 2. The highest BCUT2D eigenvalue weighted by atomic mass is 16.3. The predicted octanol–water partition coefficient (Wildman–Crippen LogP) is 3.62. The summed E-state index contributed by atoms with van der Waals surface area (Å²) in [5, 5.41) is 19.6. The summed E-state index contributed by atoms with van der Waals surface area (Å²) in [6.45, 7) is 4.10. The first-order valence-corrected chi connectivity index (χ1v) is 7.38. The second kappa shape index (κ2) is 4.23. The predicted molar refractivity (Wildman–Crippen MR) is 86.7 cm³/mol. The lowest BCUT2D eigenvalue weighted by Gasteiger charge is -2.32. The molecule has 2 aromatic carbocycles. The number of carbonyl (C=O) groups is 1. The van der Waals surface area contributed by atoms with Crippen LogP contribution < -0.4 is 0 Å². The van der Waals surface area contributed by atoms with Gasteiger partial charge in [-0.3, -0.25) is 4.79 Å². The number of ketones is 1. The molecule has 0 bridgehead atoms. The fourth-order valence-corrected chi connectivity index (χ4v) is 3.51. The molecule has 1 aliphatic carbocycles. The van der Waals surface area contributed by atoms with Gasteiger partial charge in [-0.2, -0.15) is 5.26 Å². The van der Waals surface area contributed by atoms with E-state index in [4.69, 9.17) is 5.26 Å². The van der Waals surface area contributed by atoms with E-state index in [1.165, 1.54) is 6.07 Å². The summed E-state index contributed by atoms with van der Waals surface area (Å²) in [5.41, 5.74) is 3.85. The Hall–Kier alpha value is -3.06. The number of phenolic OH excluding ortho intramolecular Hbond substituents is 1. The summed E-state index contributed by atoms with van der Waals surface area (Å²) >= 11 is 0. The van der Waals surface area contributed by atoms with Crippen LogP contribution in [0.25, 0.3) is 10.9 Å². The molecule has 4 nitrogen and oxygen atoms in total. The lowest BCUT2D eigenvalue weighted by atomic mass is 9.71. The SMILES string of the molecule is CC1(C)c2ccc(O)cc2C(=O)c2c1[nH]c1cc(C#N)ccc21. The number of aromatic amines is 1. The van der Waals surface area contributed by atoms with Gasteiger partial charge in [-0.05, 0) is 29.8 Å². The molecule has 3 aromatic rings. The highest BCUT2D eigenvalue weighted by molar-refractivity contribution is 6.20. The number of nitrogens with zero attached hydrogens (tertiary/aromatic N) is 1. The van der Waals surface area contributed by atoms with Gasteiger partial charge in [0, 0.05) is 27.6 Å². The van der Waals surface area contributed by atoms with Crippen molar-refractivity contribution in [3.63, 3.8) is 0 Å². The normalized spacial score (nSPS) is 15.1. The summed E-state index contributed by atoms with van der Waals surface area (Å²) in [5.74, 6) is -0.0101. The summed E-state index contributed by atoms with van der Waals surface area (Å²) < 4.78 is 0. The van der Waals surface area contributed by atoms with Crippen molar-refractivity contribution in [3.8, 4) is 11.8 Å². The van der Waals surface area contributed by atoms with Crippen LogP contribution in [0.3, 0.4) is 0 Å². The second-order valence-electron chi connectivity index (χ2n) is 6.43. The first-order chi connectivity index (χ1) is 10.9. The van der Waals surface area contributed by atoms with Crippen molar-refractivity contribution in [2.45, 2.75) is 19.3 Å². The summed E-state index contributed by atoms with van der Waals surface area (Å²) in [4.78, 5) is 16.3. The molecule has 4 heteroatoms. The molecule has 1 aliphatic rings. The fourth-order valence-electron chi connectivity index (χ4n) is 3.51. The second-order valence-corrected chi connectivity index (χ2v) is 6.43. The van der Waals surface area contributed by atoms with Gasteiger partial charge in [-0.25, -0.2) is 0 Å². The van der Waals surface area contributed by atoms with E-state index in [1.807, 2.05) is 6.07 Å². The minimum Gasteiger partial charge on any atom is -0.508 e. The lowest BCUT2D eigenvalue weighted by Crippen LogP contribution is -2.30. The molecule has 23 heavy (non-hydrogen) atoms. The maximum absolute atomic E-state index is 13.0. The average Bonchev–Trinajstić information content (AvgIpc) is 2.92. The maximum atomic E-state index is 13.0. The number of aromatic hydroxyl groups is 1. The number of H-pyrrole nitrogens is 1. The number of phenols is 1. The molecule has 0 unspecified atom stereocenters.